The van der Waals surface area contributed by atoms with Gasteiger partial charge in [0, 0.05) is 12.8 Å². The summed E-state index contributed by atoms with van der Waals surface area (Å²) in [5.74, 6) is -0.563. The van der Waals surface area contributed by atoms with E-state index >= 15 is 0 Å². The average molecular weight is 1180 g/mol. The van der Waals surface area contributed by atoms with Crippen LogP contribution in [0.1, 0.15) is 303 Å². The van der Waals surface area contributed by atoms with Crippen LogP contribution in [0.3, 0.4) is 0 Å². The van der Waals surface area contributed by atoms with E-state index in [2.05, 4.69) is 111 Å². The molecule has 3 unspecified atom stereocenters. The quantitative estimate of drug-likeness (QED) is 0.0212. The summed E-state index contributed by atoms with van der Waals surface area (Å²) < 4.78 is 30.4. The summed E-state index contributed by atoms with van der Waals surface area (Å²) in [6.45, 7) is 6.78. The largest absolute Gasteiger partial charge is 0.756 e. The van der Waals surface area contributed by atoms with E-state index in [0.717, 1.165) is 103 Å². The van der Waals surface area contributed by atoms with Gasteiger partial charge in [-0.05, 0) is 115 Å². The van der Waals surface area contributed by atoms with Gasteiger partial charge in [0.25, 0.3) is 7.82 Å². The normalized spacial score (nSPS) is 14.2. The van der Waals surface area contributed by atoms with Crippen molar-refractivity contribution in [3.63, 3.8) is 0 Å². The van der Waals surface area contributed by atoms with Crippen molar-refractivity contribution in [3.8, 4) is 0 Å². The first-order valence-electron chi connectivity index (χ1n) is 34.5. The summed E-state index contributed by atoms with van der Waals surface area (Å²) in [5.41, 5.74) is 0. The van der Waals surface area contributed by atoms with Gasteiger partial charge in [0.15, 0.2) is 0 Å². The van der Waals surface area contributed by atoms with Gasteiger partial charge in [0.2, 0.25) is 5.91 Å². The highest BCUT2D eigenvalue weighted by Crippen LogP contribution is 2.38. The van der Waals surface area contributed by atoms with E-state index in [-0.39, 0.29) is 24.9 Å². The molecule has 0 bridgehead atoms. The molecule has 10 heteroatoms. The molecular weight excluding hydrogens is 1050 g/mol. The molecule has 0 radical (unpaired) electrons. The first-order chi connectivity index (χ1) is 40.4. The van der Waals surface area contributed by atoms with Crippen LogP contribution in [-0.2, 0) is 27.9 Å². The maximum Gasteiger partial charge on any atom is 0.306 e. The van der Waals surface area contributed by atoms with Gasteiger partial charge < -0.3 is 28.5 Å². The molecule has 0 aromatic carbocycles. The van der Waals surface area contributed by atoms with Crippen molar-refractivity contribution in [1.29, 1.82) is 0 Å². The van der Waals surface area contributed by atoms with Crippen LogP contribution in [0.15, 0.2) is 97.2 Å². The topological polar surface area (TPSA) is 114 Å². The van der Waals surface area contributed by atoms with Crippen LogP contribution >= 0.6 is 7.82 Å². The highest BCUT2D eigenvalue weighted by Gasteiger charge is 2.27. The Balaban J connectivity index is 5.10. The SMILES string of the molecule is CCCCC/C=C\C/C=C\C/C=C\C/C=C\CCCCCCCC(=O)NC(COP(=O)([O-])OCC[N+](C)(C)C)C(/C=C/CCCCCCCCCCC)OC(=O)CCCCCCCCCCCCCC/C=C\C/C=C\C/C=C\CCCCC. The Kier molecular flexibility index (Phi) is 59.7. The molecule has 480 valence electrons. The predicted octanol–water partition coefficient (Wildman–Crippen LogP) is 21.3. The fourth-order valence-corrected chi connectivity index (χ4v) is 10.4. The van der Waals surface area contributed by atoms with Crippen molar-refractivity contribution in [2.45, 2.75) is 315 Å². The number of carbonyl (C=O) groups is 2. The fourth-order valence-electron chi connectivity index (χ4n) is 9.63. The Morgan fingerprint density at radius 2 is 0.735 bits per heavy atom. The summed E-state index contributed by atoms with van der Waals surface area (Å²) in [5, 5.41) is 3.03. The van der Waals surface area contributed by atoms with E-state index in [1.807, 2.05) is 33.3 Å². The Labute approximate surface area is 513 Å². The monoisotopic (exact) mass is 1180 g/mol. The number of phosphoric ester groups is 1. The number of rotatable bonds is 62. The minimum Gasteiger partial charge on any atom is -0.756 e. The van der Waals surface area contributed by atoms with Gasteiger partial charge in [-0.3, -0.25) is 14.2 Å². The van der Waals surface area contributed by atoms with Gasteiger partial charge in [0.05, 0.1) is 33.8 Å². The Bertz CT molecular complexity index is 1740. The van der Waals surface area contributed by atoms with E-state index in [1.165, 1.54) is 161 Å². The van der Waals surface area contributed by atoms with Crippen molar-refractivity contribution in [1.82, 2.24) is 5.32 Å². The molecular formula is C73H131N2O7P. The lowest BCUT2D eigenvalue weighted by Gasteiger charge is -2.30. The van der Waals surface area contributed by atoms with Gasteiger partial charge in [-0.15, -0.1) is 0 Å². The van der Waals surface area contributed by atoms with Crippen molar-refractivity contribution in [3.05, 3.63) is 97.2 Å². The molecule has 0 aliphatic heterocycles. The minimum absolute atomic E-state index is 0.0303. The number of unbranched alkanes of at least 4 members (excludes halogenated alkanes) is 32. The van der Waals surface area contributed by atoms with Crippen molar-refractivity contribution in [2.75, 3.05) is 40.9 Å². The van der Waals surface area contributed by atoms with E-state index in [9.17, 15) is 19.0 Å². The highest BCUT2D eigenvalue weighted by atomic mass is 31.2. The molecule has 9 nitrogen and oxygen atoms in total. The smallest absolute Gasteiger partial charge is 0.306 e. The number of quaternary nitrogens is 1. The molecule has 1 N–H and O–H groups in total. The maximum atomic E-state index is 13.6. The van der Waals surface area contributed by atoms with Crippen molar-refractivity contribution >= 4 is 19.7 Å². The third-order valence-electron chi connectivity index (χ3n) is 15.0. The zero-order valence-electron chi connectivity index (χ0n) is 54.9. The number of likely N-dealkylation sites (N-methyl/N-ethyl adjacent to an activating group) is 1. The van der Waals surface area contributed by atoms with Gasteiger partial charge in [0.1, 0.15) is 19.3 Å². The predicted molar refractivity (Wildman–Crippen MR) is 358 cm³/mol. The number of hydrogen-bond donors (Lipinski definition) is 1. The summed E-state index contributed by atoms with van der Waals surface area (Å²) in [6.07, 6.45) is 83.8. The first kappa shape index (κ1) is 79.9. The van der Waals surface area contributed by atoms with Crippen LogP contribution in [0.25, 0.3) is 0 Å². The van der Waals surface area contributed by atoms with Gasteiger partial charge in [-0.25, -0.2) is 0 Å². The third kappa shape index (κ3) is 63.3. The van der Waals surface area contributed by atoms with Gasteiger partial charge >= 0.3 is 5.97 Å². The Hall–Kier alpha value is -3.07. The first-order valence-corrected chi connectivity index (χ1v) is 36.0. The van der Waals surface area contributed by atoms with Crippen molar-refractivity contribution < 1.29 is 37.3 Å². The molecule has 83 heavy (non-hydrogen) atoms. The Morgan fingerprint density at radius 3 is 1.12 bits per heavy atom. The minimum atomic E-state index is -4.71. The maximum absolute atomic E-state index is 13.6. The molecule has 0 saturated heterocycles. The molecule has 3 atom stereocenters. The lowest BCUT2D eigenvalue weighted by molar-refractivity contribution is -0.870. The molecule has 0 aliphatic carbocycles. The van der Waals surface area contributed by atoms with E-state index < -0.39 is 26.6 Å². The number of nitrogens with one attached hydrogen (secondary N) is 1. The molecule has 0 aromatic rings. The summed E-state index contributed by atoms with van der Waals surface area (Å²) >= 11 is 0. The fraction of sp³-hybridized carbons (Fsp3) is 0.753. The number of ether oxygens (including phenoxy) is 1. The zero-order valence-corrected chi connectivity index (χ0v) is 55.8. The molecule has 0 rings (SSSR count). The second kappa shape index (κ2) is 62.0. The van der Waals surface area contributed by atoms with E-state index in [1.54, 1.807) is 0 Å². The van der Waals surface area contributed by atoms with Gasteiger partial charge in [-0.1, -0.05) is 272 Å². The number of phosphoric acid groups is 1. The lowest BCUT2D eigenvalue weighted by atomic mass is 10.0. The van der Waals surface area contributed by atoms with Crippen LogP contribution in [0.4, 0.5) is 0 Å². The number of esters is 1. The molecule has 0 fully saturated rings. The van der Waals surface area contributed by atoms with E-state index in [4.69, 9.17) is 13.8 Å². The summed E-state index contributed by atoms with van der Waals surface area (Å²) in [7, 11) is 1.16. The van der Waals surface area contributed by atoms with Gasteiger partial charge in [-0.2, -0.15) is 0 Å². The van der Waals surface area contributed by atoms with E-state index in [0.29, 0.717) is 23.9 Å². The third-order valence-corrected chi connectivity index (χ3v) is 16.0. The molecule has 0 aromatic heterocycles. The number of allylic oxidation sites excluding steroid dienone is 15. The number of hydrogen-bond acceptors (Lipinski definition) is 7. The number of carbonyl (C=O) groups excluding carboxylic acids is 2. The average Bonchev–Trinajstić information content (AvgIpc) is 3.51. The molecule has 0 saturated carbocycles. The van der Waals surface area contributed by atoms with Crippen molar-refractivity contribution in [2.24, 2.45) is 0 Å². The lowest BCUT2D eigenvalue weighted by Crippen LogP contribution is -2.47. The summed E-state index contributed by atoms with van der Waals surface area (Å²) in [6, 6.07) is -0.905. The second-order valence-electron chi connectivity index (χ2n) is 24.3. The van der Waals surface area contributed by atoms with Crippen LogP contribution in [0, 0.1) is 0 Å². The standard InChI is InChI=1S/C73H131N2O7P/c1-7-10-13-16-19-22-25-27-29-31-33-35-36-37-38-40-42-44-46-48-51-54-57-60-63-66-73(77)82-71(64-61-58-55-52-49-24-21-18-15-12-9-3)70(69-81-83(78,79)80-68-67-75(4,5)6)74-72(76)65-62-59-56-53-50-47-45-43-41-39-34-32-30-28-26-23-20-17-14-11-8-2/h19-20,22-23,27-30,33-35,39,43,45,61,64,70-71H,7-18,21,24-26,31-32,36-38,40-42,44,46-60,62-63,65-69H2,1-6H3,(H-,74,76,78,79)/b22-19-,23-20-,29-27-,30-28-,35-33-,39-34-,45-43-,64-61+. The van der Waals surface area contributed by atoms with Crippen LogP contribution in [0.5, 0.6) is 0 Å². The molecule has 1 amide bonds. The molecule has 0 spiro atoms. The second-order valence-corrected chi connectivity index (χ2v) is 25.7. The van der Waals surface area contributed by atoms with Crippen LogP contribution < -0.4 is 10.2 Å². The molecule has 0 heterocycles. The number of amides is 1. The van der Waals surface area contributed by atoms with Crippen LogP contribution in [0.2, 0.25) is 0 Å². The van der Waals surface area contributed by atoms with Crippen LogP contribution in [-0.4, -0.2) is 69.4 Å². The summed E-state index contributed by atoms with van der Waals surface area (Å²) in [4.78, 5) is 40.1. The Morgan fingerprint density at radius 1 is 0.422 bits per heavy atom. The zero-order chi connectivity index (χ0) is 60.7. The number of nitrogens with zero attached hydrogens (tertiary/aromatic N) is 1. The highest BCUT2D eigenvalue weighted by molar-refractivity contribution is 7.45. The molecule has 0 aliphatic rings.